The zero-order valence-electron chi connectivity index (χ0n) is 9.72. The first kappa shape index (κ1) is 10.5. The van der Waals surface area contributed by atoms with Crippen LogP contribution in [-0.2, 0) is 7.05 Å². The van der Waals surface area contributed by atoms with E-state index in [4.69, 9.17) is 0 Å². The van der Waals surface area contributed by atoms with E-state index in [0.717, 1.165) is 11.3 Å². The van der Waals surface area contributed by atoms with E-state index in [2.05, 4.69) is 0 Å². The van der Waals surface area contributed by atoms with Gasteiger partial charge in [0.05, 0.1) is 11.1 Å². The second-order valence-electron chi connectivity index (χ2n) is 4.03. The molecule has 3 rings (SSSR count). The van der Waals surface area contributed by atoms with Crippen molar-refractivity contribution in [3.63, 3.8) is 0 Å². The number of non-ortho nitro benzene ring substituents is 1. The van der Waals surface area contributed by atoms with Crippen LogP contribution in [0.25, 0.3) is 11.3 Å². The quantitative estimate of drug-likeness (QED) is 0.388. The van der Waals surface area contributed by atoms with E-state index in [-0.39, 0.29) is 5.69 Å². The van der Waals surface area contributed by atoms with Gasteiger partial charge in [-0.3, -0.25) is 10.1 Å². The van der Waals surface area contributed by atoms with E-state index in [1.165, 1.54) is 12.1 Å². The zero-order valence-corrected chi connectivity index (χ0v) is 9.72. The SMILES string of the molecule is Cn1c(-c2ccc([N+](=O)[O-])cc2)c[n+]2cccn12. The molecule has 0 radical (unpaired) electrons. The topological polar surface area (TPSA) is 56.6 Å². The number of fused-ring (bicyclic) bond motifs is 1. The second kappa shape index (κ2) is 3.69. The van der Waals surface area contributed by atoms with E-state index in [1.54, 1.807) is 12.1 Å². The normalized spacial score (nSPS) is 10.9. The predicted molar refractivity (Wildman–Crippen MR) is 64.1 cm³/mol. The zero-order chi connectivity index (χ0) is 12.7. The number of nitrogens with zero attached hydrogens (tertiary/aromatic N) is 4. The maximum Gasteiger partial charge on any atom is 0.269 e. The van der Waals surface area contributed by atoms with Crippen LogP contribution >= 0.6 is 0 Å². The van der Waals surface area contributed by atoms with Gasteiger partial charge in [-0.05, 0) is 12.1 Å². The van der Waals surface area contributed by atoms with Crippen LogP contribution in [0.4, 0.5) is 5.69 Å². The summed E-state index contributed by atoms with van der Waals surface area (Å²) in [4.78, 5) is 10.2. The van der Waals surface area contributed by atoms with Crippen molar-refractivity contribution in [2.75, 3.05) is 0 Å². The Morgan fingerprint density at radius 2 is 2.00 bits per heavy atom. The van der Waals surface area contributed by atoms with E-state index in [1.807, 2.05) is 45.5 Å². The standard InChI is InChI=1S/C12H11N4O2/c1-13-12(9-14-7-2-8-15(13)14)10-3-5-11(6-4-10)16(17)18/h2-9H,1H3/q+1. The molecular formula is C12H11N4O2+. The number of nitro groups is 1. The largest absolute Gasteiger partial charge is 0.269 e. The highest BCUT2D eigenvalue weighted by Crippen LogP contribution is 2.20. The Hall–Kier alpha value is -2.63. The Bertz CT molecular complexity index is 724. The molecule has 0 amide bonds. The molecule has 1 aromatic carbocycles. The van der Waals surface area contributed by atoms with Crippen molar-refractivity contribution in [1.29, 1.82) is 0 Å². The smallest absolute Gasteiger partial charge is 0.258 e. The molecule has 0 fully saturated rings. The van der Waals surface area contributed by atoms with E-state index < -0.39 is 4.92 Å². The third kappa shape index (κ3) is 1.46. The summed E-state index contributed by atoms with van der Waals surface area (Å²) in [5.41, 5.74) is 2.04. The minimum atomic E-state index is -0.394. The van der Waals surface area contributed by atoms with Crippen molar-refractivity contribution >= 4 is 5.69 Å². The molecule has 0 N–H and O–H groups in total. The highest BCUT2D eigenvalue weighted by molar-refractivity contribution is 5.59. The molecule has 6 nitrogen and oxygen atoms in total. The predicted octanol–water partition coefficient (Wildman–Crippen LogP) is 1.44. The van der Waals surface area contributed by atoms with Gasteiger partial charge in [0, 0.05) is 23.8 Å². The first-order chi connectivity index (χ1) is 8.66. The minimum Gasteiger partial charge on any atom is -0.258 e. The van der Waals surface area contributed by atoms with Crippen molar-refractivity contribution < 1.29 is 9.44 Å². The molecule has 2 heterocycles. The number of hydrogen-bond acceptors (Lipinski definition) is 2. The lowest BCUT2D eigenvalue weighted by Gasteiger charge is -1.96. The van der Waals surface area contributed by atoms with E-state index >= 15 is 0 Å². The van der Waals surface area contributed by atoms with Gasteiger partial charge in [0.25, 0.3) is 5.69 Å². The van der Waals surface area contributed by atoms with Crippen LogP contribution in [0, 0.1) is 10.1 Å². The lowest BCUT2D eigenvalue weighted by molar-refractivity contribution is -0.620. The molecule has 18 heavy (non-hydrogen) atoms. The van der Waals surface area contributed by atoms with Gasteiger partial charge in [-0.25, -0.2) is 0 Å². The second-order valence-corrected chi connectivity index (χ2v) is 4.03. The Labute approximate surface area is 102 Å². The van der Waals surface area contributed by atoms with Crippen molar-refractivity contribution in [2.45, 2.75) is 0 Å². The van der Waals surface area contributed by atoms with Gasteiger partial charge in [-0.2, -0.15) is 4.68 Å². The molecule has 0 saturated heterocycles. The van der Waals surface area contributed by atoms with E-state index in [0.29, 0.717) is 0 Å². The van der Waals surface area contributed by atoms with Crippen LogP contribution in [0.5, 0.6) is 0 Å². The average Bonchev–Trinajstić information content (AvgIpc) is 2.93. The first-order valence-electron chi connectivity index (χ1n) is 5.46. The van der Waals surface area contributed by atoms with Crippen molar-refractivity contribution in [1.82, 2.24) is 9.31 Å². The monoisotopic (exact) mass is 243 g/mol. The summed E-state index contributed by atoms with van der Waals surface area (Å²) in [6, 6.07) is 8.49. The lowest BCUT2D eigenvalue weighted by Crippen LogP contribution is -2.24. The van der Waals surface area contributed by atoms with Gasteiger partial charge in [-0.15, -0.1) is 4.52 Å². The summed E-state index contributed by atoms with van der Waals surface area (Å²) in [6.07, 6.45) is 5.85. The summed E-state index contributed by atoms with van der Waals surface area (Å²) in [7, 11) is 1.94. The number of aromatic nitrogens is 3. The third-order valence-electron chi connectivity index (χ3n) is 2.98. The Kier molecular flexibility index (Phi) is 2.16. The molecular weight excluding hydrogens is 232 g/mol. The summed E-state index contributed by atoms with van der Waals surface area (Å²) in [6.45, 7) is 0. The molecule has 3 aromatic rings. The fraction of sp³-hybridized carbons (Fsp3) is 0.0833. The number of hydrogen-bond donors (Lipinski definition) is 0. The molecule has 0 aliphatic carbocycles. The average molecular weight is 243 g/mol. The summed E-state index contributed by atoms with van der Waals surface area (Å²) >= 11 is 0. The van der Waals surface area contributed by atoms with Crippen LogP contribution in [0.3, 0.4) is 0 Å². The summed E-state index contributed by atoms with van der Waals surface area (Å²) in [5.74, 6) is 0. The number of benzene rings is 1. The van der Waals surface area contributed by atoms with E-state index in [9.17, 15) is 10.1 Å². The third-order valence-corrected chi connectivity index (χ3v) is 2.98. The molecule has 0 unspecified atom stereocenters. The fourth-order valence-corrected chi connectivity index (χ4v) is 2.04. The van der Waals surface area contributed by atoms with Gasteiger partial charge < -0.3 is 0 Å². The molecule has 0 saturated carbocycles. The van der Waals surface area contributed by atoms with Crippen molar-refractivity contribution in [3.8, 4) is 11.3 Å². The Balaban J connectivity index is 2.11. The van der Waals surface area contributed by atoms with Crippen molar-refractivity contribution in [3.05, 3.63) is 59.0 Å². The molecule has 2 aromatic heterocycles. The van der Waals surface area contributed by atoms with Gasteiger partial charge in [0.1, 0.15) is 13.2 Å². The van der Waals surface area contributed by atoms with Crippen LogP contribution in [0.15, 0.2) is 48.9 Å². The Morgan fingerprint density at radius 3 is 2.61 bits per heavy atom. The fourth-order valence-electron chi connectivity index (χ4n) is 2.04. The van der Waals surface area contributed by atoms with Crippen LogP contribution in [-0.4, -0.2) is 14.2 Å². The molecule has 6 heteroatoms. The first-order valence-corrected chi connectivity index (χ1v) is 5.46. The van der Waals surface area contributed by atoms with Crippen LogP contribution < -0.4 is 4.52 Å². The number of rotatable bonds is 2. The maximum absolute atomic E-state index is 10.6. The van der Waals surface area contributed by atoms with Gasteiger partial charge >= 0.3 is 0 Å². The van der Waals surface area contributed by atoms with Gasteiger partial charge in [0.15, 0.2) is 11.9 Å². The highest BCUT2D eigenvalue weighted by atomic mass is 16.6. The van der Waals surface area contributed by atoms with Crippen LogP contribution in [0.2, 0.25) is 0 Å². The minimum absolute atomic E-state index is 0.104. The Morgan fingerprint density at radius 1 is 1.28 bits per heavy atom. The molecule has 0 spiro atoms. The summed E-state index contributed by atoms with van der Waals surface area (Å²) < 4.78 is 5.86. The summed E-state index contributed by atoms with van der Waals surface area (Å²) in [5, 5.41) is 10.6. The molecule has 90 valence electrons. The molecule has 0 bridgehead atoms. The number of nitro benzene ring substituents is 1. The molecule has 0 aliphatic rings. The van der Waals surface area contributed by atoms with Crippen molar-refractivity contribution in [2.24, 2.45) is 7.05 Å². The lowest BCUT2D eigenvalue weighted by atomic mass is 10.1. The maximum atomic E-state index is 10.6. The van der Waals surface area contributed by atoms with Crippen LogP contribution in [0.1, 0.15) is 0 Å². The van der Waals surface area contributed by atoms with Gasteiger partial charge in [0.2, 0.25) is 0 Å². The molecule has 0 atom stereocenters. The highest BCUT2D eigenvalue weighted by Gasteiger charge is 2.15. The van der Waals surface area contributed by atoms with Gasteiger partial charge in [-0.1, -0.05) is 4.63 Å². The molecule has 0 aliphatic heterocycles. The number of aryl methyl sites for hydroxylation is 1.